The van der Waals surface area contributed by atoms with Gasteiger partial charge in [0.1, 0.15) is 5.82 Å². The lowest BCUT2D eigenvalue weighted by Gasteiger charge is -2.32. The van der Waals surface area contributed by atoms with Crippen LogP contribution in [-0.2, 0) is 11.2 Å². The van der Waals surface area contributed by atoms with E-state index in [-0.39, 0.29) is 17.6 Å². The highest BCUT2D eigenvalue weighted by molar-refractivity contribution is 5.99. The summed E-state index contributed by atoms with van der Waals surface area (Å²) in [5.41, 5.74) is 2.61. The molecule has 2 aliphatic heterocycles. The first-order chi connectivity index (χ1) is 13.6. The Labute approximate surface area is 164 Å². The van der Waals surface area contributed by atoms with Gasteiger partial charge in [0.05, 0.1) is 0 Å². The van der Waals surface area contributed by atoms with Gasteiger partial charge in [-0.15, -0.1) is 0 Å². The highest BCUT2D eigenvalue weighted by atomic mass is 19.1. The molecule has 0 aromatic heterocycles. The fourth-order valence-electron chi connectivity index (χ4n) is 4.20. The number of hydrogen-bond donors (Lipinski definition) is 0. The van der Waals surface area contributed by atoms with Gasteiger partial charge in [-0.05, 0) is 67.5 Å². The van der Waals surface area contributed by atoms with Crippen LogP contribution in [0.5, 0.6) is 0 Å². The summed E-state index contributed by atoms with van der Waals surface area (Å²) in [4.78, 5) is 28.6. The summed E-state index contributed by atoms with van der Waals surface area (Å²) in [5.74, 6) is 0.477. The van der Waals surface area contributed by atoms with Crippen LogP contribution in [0.4, 0.5) is 10.1 Å². The zero-order valence-corrected chi connectivity index (χ0v) is 15.9. The molecule has 0 atom stereocenters. The first kappa shape index (κ1) is 18.7. The third kappa shape index (κ3) is 4.08. The Hall–Kier alpha value is -2.69. The van der Waals surface area contributed by atoms with Crippen molar-refractivity contribution in [3.8, 4) is 0 Å². The van der Waals surface area contributed by atoms with Gasteiger partial charge in [0, 0.05) is 37.3 Å². The Morgan fingerprint density at radius 1 is 1.04 bits per heavy atom. The molecule has 28 heavy (non-hydrogen) atoms. The van der Waals surface area contributed by atoms with Gasteiger partial charge in [-0.3, -0.25) is 9.59 Å². The Balaban J connectivity index is 1.36. The van der Waals surface area contributed by atoms with E-state index in [1.807, 2.05) is 41.3 Å². The third-order valence-electron chi connectivity index (χ3n) is 5.82. The van der Waals surface area contributed by atoms with Crippen molar-refractivity contribution in [2.75, 3.05) is 24.5 Å². The van der Waals surface area contributed by atoms with Crippen LogP contribution < -0.4 is 4.90 Å². The van der Waals surface area contributed by atoms with Gasteiger partial charge in [0.2, 0.25) is 5.91 Å². The van der Waals surface area contributed by atoms with Crippen molar-refractivity contribution in [1.29, 1.82) is 0 Å². The predicted octanol–water partition coefficient (Wildman–Crippen LogP) is 4.05. The standard InChI is InChI=1S/C23H25FN2O2/c24-20-8-6-17(7-9-20)15-18-10-13-25(14-11-18)23(28)19-3-1-4-21(16-19)26-12-2-5-22(26)27/h1,3-4,6-9,16,18H,2,5,10-15H2. The lowest BCUT2D eigenvalue weighted by molar-refractivity contribution is -0.117. The minimum absolute atomic E-state index is 0.0359. The Kier molecular flexibility index (Phi) is 5.42. The number of amides is 2. The number of nitrogens with zero attached hydrogens (tertiary/aromatic N) is 2. The molecule has 0 saturated carbocycles. The number of halogens is 1. The minimum atomic E-state index is -0.206. The van der Waals surface area contributed by atoms with E-state index in [9.17, 15) is 14.0 Å². The Morgan fingerprint density at radius 2 is 1.79 bits per heavy atom. The van der Waals surface area contributed by atoms with Crippen LogP contribution in [0.15, 0.2) is 48.5 Å². The van der Waals surface area contributed by atoms with Crippen LogP contribution in [0, 0.1) is 11.7 Å². The summed E-state index contributed by atoms with van der Waals surface area (Å²) in [7, 11) is 0. The van der Waals surface area contributed by atoms with Crippen LogP contribution in [0.25, 0.3) is 0 Å². The number of rotatable bonds is 4. The summed E-state index contributed by atoms with van der Waals surface area (Å²) in [5, 5.41) is 0. The highest BCUT2D eigenvalue weighted by Crippen LogP contribution is 2.26. The fraction of sp³-hybridized carbons (Fsp3) is 0.391. The van der Waals surface area contributed by atoms with Crippen LogP contribution in [0.3, 0.4) is 0 Å². The van der Waals surface area contributed by atoms with E-state index in [0.29, 0.717) is 17.9 Å². The molecule has 2 aromatic carbocycles. The molecule has 0 aliphatic carbocycles. The average molecular weight is 380 g/mol. The van der Waals surface area contributed by atoms with Crippen molar-refractivity contribution in [2.45, 2.75) is 32.1 Å². The summed E-state index contributed by atoms with van der Waals surface area (Å²) in [6, 6.07) is 14.1. The summed E-state index contributed by atoms with van der Waals surface area (Å²) < 4.78 is 13.0. The van der Waals surface area contributed by atoms with Crippen LogP contribution in [0.2, 0.25) is 0 Å². The largest absolute Gasteiger partial charge is 0.339 e. The number of hydrogen-bond acceptors (Lipinski definition) is 2. The number of likely N-dealkylation sites (tertiary alicyclic amines) is 1. The molecule has 4 rings (SSSR count). The van der Waals surface area contributed by atoms with E-state index in [4.69, 9.17) is 0 Å². The molecule has 0 bridgehead atoms. The van der Waals surface area contributed by atoms with E-state index < -0.39 is 0 Å². The Bertz CT molecular complexity index is 857. The maximum absolute atomic E-state index is 13.0. The molecule has 5 heteroatoms. The van der Waals surface area contributed by atoms with Crippen LogP contribution in [0.1, 0.15) is 41.6 Å². The topological polar surface area (TPSA) is 40.6 Å². The molecule has 146 valence electrons. The molecule has 4 nitrogen and oxygen atoms in total. The van der Waals surface area contributed by atoms with E-state index in [2.05, 4.69) is 0 Å². The van der Waals surface area contributed by atoms with Gasteiger partial charge in [0.15, 0.2) is 0 Å². The van der Waals surface area contributed by atoms with Gasteiger partial charge < -0.3 is 9.80 Å². The molecule has 0 N–H and O–H groups in total. The van der Waals surface area contributed by atoms with Crippen molar-refractivity contribution in [2.24, 2.45) is 5.92 Å². The molecule has 2 heterocycles. The molecular weight excluding hydrogens is 355 g/mol. The SMILES string of the molecule is O=C(c1cccc(N2CCCC2=O)c1)N1CCC(Cc2ccc(F)cc2)CC1. The molecule has 2 amide bonds. The maximum Gasteiger partial charge on any atom is 0.253 e. The maximum atomic E-state index is 13.0. The second-order valence-electron chi connectivity index (χ2n) is 7.77. The molecule has 2 aromatic rings. The van der Waals surface area contributed by atoms with Gasteiger partial charge in [-0.2, -0.15) is 0 Å². The quantitative estimate of drug-likeness (QED) is 0.803. The number of anilines is 1. The zero-order valence-electron chi connectivity index (χ0n) is 15.9. The third-order valence-corrected chi connectivity index (χ3v) is 5.82. The minimum Gasteiger partial charge on any atom is -0.339 e. The van der Waals surface area contributed by atoms with Crippen molar-refractivity contribution >= 4 is 17.5 Å². The normalized spacial score (nSPS) is 18.0. The highest BCUT2D eigenvalue weighted by Gasteiger charge is 2.26. The van der Waals surface area contributed by atoms with Crippen LogP contribution >= 0.6 is 0 Å². The summed E-state index contributed by atoms with van der Waals surface area (Å²) >= 11 is 0. The zero-order chi connectivity index (χ0) is 19.5. The van der Waals surface area contributed by atoms with Gasteiger partial charge in [-0.1, -0.05) is 18.2 Å². The Morgan fingerprint density at radius 3 is 2.46 bits per heavy atom. The average Bonchev–Trinajstić information content (AvgIpc) is 3.16. The van der Waals surface area contributed by atoms with Crippen molar-refractivity contribution in [3.05, 3.63) is 65.5 Å². The number of benzene rings is 2. The first-order valence-electron chi connectivity index (χ1n) is 10.0. The second-order valence-corrected chi connectivity index (χ2v) is 7.77. The van der Waals surface area contributed by atoms with Crippen molar-refractivity contribution in [1.82, 2.24) is 4.90 Å². The van der Waals surface area contributed by atoms with Gasteiger partial charge in [0.25, 0.3) is 5.91 Å². The van der Waals surface area contributed by atoms with E-state index in [0.717, 1.165) is 56.6 Å². The first-order valence-corrected chi connectivity index (χ1v) is 10.0. The molecule has 2 saturated heterocycles. The van der Waals surface area contributed by atoms with E-state index in [1.165, 1.54) is 12.1 Å². The molecule has 2 fully saturated rings. The molecular formula is C23H25FN2O2. The second kappa shape index (κ2) is 8.13. The molecule has 0 spiro atoms. The van der Waals surface area contributed by atoms with Gasteiger partial charge in [-0.25, -0.2) is 4.39 Å². The number of carbonyl (C=O) groups is 2. The summed E-state index contributed by atoms with van der Waals surface area (Å²) in [6.45, 7) is 2.19. The number of carbonyl (C=O) groups excluding carboxylic acids is 2. The molecule has 0 radical (unpaired) electrons. The lowest BCUT2D eigenvalue weighted by atomic mass is 9.90. The molecule has 2 aliphatic rings. The fourth-order valence-corrected chi connectivity index (χ4v) is 4.20. The monoisotopic (exact) mass is 380 g/mol. The van der Waals surface area contributed by atoms with E-state index in [1.54, 1.807) is 4.90 Å². The van der Waals surface area contributed by atoms with Crippen LogP contribution in [-0.4, -0.2) is 36.3 Å². The molecule has 0 unspecified atom stereocenters. The van der Waals surface area contributed by atoms with Crippen molar-refractivity contribution in [3.63, 3.8) is 0 Å². The van der Waals surface area contributed by atoms with Crippen molar-refractivity contribution < 1.29 is 14.0 Å². The lowest BCUT2D eigenvalue weighted by Crippen LogP contribution is -2.39. The van der Waals surface area contributed by atoms with Gasteiger partial charge >= 0.3 is 0 Å². The van der Waals surface area contributed by atoms with E-state index >= 15 is 0 Å². The smallest absolute Gasteiger partial charge is 0.253 e. The number of piperidine rings is 1. The predicted molar refractivity (Wildman–Crippen MR) is 107 cm³/mol. The summed E-state index contributed by atoms with van der Waals surface area (Å²) in [6.07, 6.45) is 4.29.